The van der Waals surface area contributed by atoms with Crippen LogP contribution in [-0.2, 0) is 15.9 Å². The van der Waals surface area contributed by atoms with Crippen molar-refractivity contribution in [3.05, 3.63) is 107 Å². The van der Waals surface area contributed by atoms with Gasteiger partial charge in [0.2, 0.25) is 0 Å². The summed E-state index contributed by atoms with van der Waals surface area (Å²) in [6.07, 6.45) is 0.659. The molecule has 3 aromatic carbocycles. The average Bonchev–Trinajstić information content (AvgIpc) is 2.96. The number of aromatic carboxylic acids is 1. The van der Waals surface area contributed by atoms with E-state index in [9.17, 15) is 9.90 Å². The van der Waals surface area contributed by atoms with E-state index >= 15 is 0 Å². The highest BCUT2D eigenvalue weighted by Gasteiger charge is 2.51. The molecule has 0 aliphatic carbocycles. The van der Waals surface area contributed by atoms with Crippen LogP contribution in [0.3, 0.4) is 0 Å². The predicted octanol–water partition coefficient (Wildman–Crippen LogP) is 5.70. The summed E-state index contributed by atoms with van der Waals surface area (Å²) in [5.41, 5.74) is 3.66. The summed E-state index contributed by atoms with van der Waals surface area (Å²) >= 11 is 0. The molecule has 172 valence electrons. The number of carbonyl (C=O) groups is 1. The Bertz CT molecular complexity index is 1120. The molecule has 4 nitrogen and oxygen atoms in total. The van der Waals surface area contributed by atoms with Crippen molar-refractivity contribution in [2.45, 2.75) is 64.1 Å². The summed E-state index contributed by atoms with van der Waals surface area (Å²) in [5.74, 6) is -0.859. The Hall–Kier alpha value is -2.95. The SMILES string of the molecule is CC(CC(ON1C(C)(C)c2ccc(C(=O)[O-])cc2C1(C)C)c1ccccc1)c1ccccc1. The van der Waals surface area contributed by atoms with Gasteiger partial charge in [0, 0.05) is 0 Å². The van der Waals surface area contributed by atoms with Crippen LogP contribution in [0.25, 0.3) is 0 Å². The quantitative estimate of drug-likeness (QED) is 0.471. The van der Waals surface area contributed by atoms with E-state index in [1.165, 1.54) is 5.56 Å². The molecular weight excluding hydrogens is 410 g/mol. The standard InChI is InChI=1S/C29H33NO3/c1-20(21-12-8-6-9-13-21)18-26(22-14-10-7-11-15-22)33-30-28(2,3)24-17-16-23(27(31)32)19-25(24)29(30,4)5/h6-17,19-20,26H,18H2,1-5H3,(H,31,32)/p-1. The molecular formula is C29H32NO3-. The third-order valence-electron chi connectivity index (χ3n) is 6.93. The van der Waals surface area contributed by atoms with Gasteiger partial charge >= 0.3 is 0 Å². The highest BCUT2D eigenvalue weighted by molar-refractivity contribution is 5.86. The number of hydrogen-bond donors (Lipinski definition) is 0. The molecule has 0 N–H and O–H groups in total. The summed E-state index contributed by atoms with van der Waals surface area (Å²) in [4.78, 5) is 18.4. The van der Waals surface area contributed by atoms with Gasteiger partial charge < -0.3 is 9.90 Å². The molecule has 0 amide bonds. The second-order valence-corrected chi connectivity index (χ2v) is 10.0. The lowest BCUT2D eigenvalue weighted by Crippen LogP contribution is -2.46. The van der Waals surface area contributed by atoms with Crippen LogP contribution < -0.4 is 5.11 Å². The lowest BCUT2D eigenvalue weighted by molar-refractivity contribution is -0.292. The summed E-state index contributed by atoms with van der Waals surface area (Å²) in [6, 6.07) is 26.1. The lowest BCUT2D eigenvalue weighted by atomic mass is 9.89. The minimum absolute atomic E-state index is 0.158. The maximum Gasteiger partial charge on any atom is 0.105 e. The largest absolute Gasteiger partial charge is 0.545 e. The van der Waals surface area contributed by atoms with Gasteiger partial charge in [0.15, 0.2) is 0 Å². The van der Waals surface area contributed by atoms with E-state index in [1.54, 1.807) is 12.1 Å². The van der Waals surface area contributed by atoms with Crippen LogP contribution in [-0.4, -0.2) is 11.0 Å². The first-order chi connectivity index (χ1) is 15.6. The third kappa shape index (κ3) is 4.33. The zero-order valence-corrected chi connectivity index (χ0v) is 20.0. The van der Waals surface area contributed by atoms with Crippen molar-refractivity contribution in [2.75, 3.05) is 0 Å². The Morgan fingerprint density at radius 3 is 1.97 bits per heavy atom. The fourth-order valence-corrected chi connectivity index (χ4v) is 5.17. The number of hydrogen-bond acceptors (Lipinski definition) is 4. The number of nitrogens with zero attached hydrogens (tertiary/aromatic N) is 1. The molecule has 1 aliphatic heterocycles. The average molecular weight is 443 g/mol. The highest BCUT2D eigenvalue weighted by Crippen LogP contribution is 2.51. The first-order valence-electron chi connectivity index (χ1n) is 11.6. The Kier molecular flexibility index (Phi) is 6.17. The van der Waals surface area contributed by atoms with E-state index < -0.39 is 17.0 Å². The second kappa shape index (κ2) is 8.77. The molecule has 4 rings (SSSR count). The number of carbonyl (C=O) groups excluding carboxylic acids is 1. The normalized spacial score (nSPS) is 18.5. The molecule has 4 heteroatoms. The number of carboxylic acids is 1. The van der Waals surface area contributed by atoms with E-state index in [1.807, 2.05) is 30.3 Å². The van der Waals surface area contributed by atoms with Crippen molar-refractivity contribution in [2.24, 2.45) is 0 Å². The predicted molar refractivity (Wildman–Crippen MR) is 128 cm³/mol. The molecule has 2 unspecified atom stereocenters. The van der Waals surface area contributed by atoms with Crippen LogP contribution in [0.5, 0.6) is 0 Å². The number of benzene rings is 3. The minimum atomic E-state index is -1.16. The van der Waals surface area contributed by atoms with Crippen LogP contribution in [0.1, 0.15) is 85.7 Å². The molecule has 0 spiro atoms. The van der Waals surface area contributed by atoms with Crippen LogP contribution in [0.2, 0.25) is 0 Å². The highest BCUT2D eigenvalue weighted by atomic mass is 16.7. The van der Waals surface area contributed by atoms with Gasteiger partial charge in [-0.25, -0.2) is 0 Å². The fourth-order valence-electron chi connectivity index (χ4n) is 5.17. The maximum absolute atomic E-state index is 11.5. The Morgan fingerprint density at radius 1 is 0.848 bits per heavy atom. The van der Waals surface area contributed by atoms with E-state index in [-0.39, 0.29) is 11.7 Å². The van der Waals surface area contributed by atoms with E-state index in [0.717, 1.165) is 23.1 Å². The van der Waals surface area contributed by atoms with Crippen molar-refractivity contribution in [3.8, 4) is 0 Å². The lowest BCUT2D eigenvalue weighted by Gasteiger charge is -2.42. The van der Waals surface area contributed by atoms with E-state index in [2.05, 4.69) is 76.1 Å². The maximum atomic E-state index is 11.5. The van der Waals surface area contributed by atoms with Crippen molar-refractivity contribution >= 4 is 5.97 Å². The minimum Gasteiger partial charge on any atom is -0.545 e. The molecule has 0 bridgehead atoms. The van der Waals surface area contributed by atoms with E-state index in [4.69, 9.17) is 4.84 Å². The van der Waals surface area contributed by atoms with E-state index in [0.29, 0.717) is 5.92 Å². The summed E-state index contributed by atoms with van der Waals surface area (Å²) in [6.45, 7) is 10.7. The molecule has 1 aliphatic rings. The van der Waals surface area contributed by atoms with Gasteiger partial charge in [-0.15, -0.1) is 0 Å². The smallest absolute Gasteiger partial charge is 0.105 e. The zero-order chi connectivity index (χ0) is 23.8. The fraction of sp³-hybridized carbons (Fsp3) is 0.345. The van der Waals surface area contributed by atoms with Gasteiger partial charge in [0.1, 0.15) is 6.10 Å². The van der Waals surface area contributed by atoms with Crippen molar-refractivity contribution in [1.82, 2.24) is 5.06 Å². The zero-order valence-electron chi connectivity index (χ0n) is 20.0. The van der Waals surface area contributed by atoms with Gasteiger partial charge in [-0.3, -0.25) is 4.84 Å². The summed E-state index contributed by atoms with van der Waals surface area (Å²) in [7, 11) is 0. The summed E-state index contributed by atoms with van der Waals surface area (Å²) in [5, 5.41) is 13.6. The first-order valence-corrected chi connectivity index (χ1v) is 11.6. The van der Waals surface area contributed by atoms with Crippen LogP contribution >= 0.6 is 0 Å². The Morgan fingerprint density at radius 2 is 1.39 bits per heavy atom. The van der Waals surface area contributed by atoms with Crippen molar-refractivity contribution in [3.63, 3.8) is 0 Å². The second-order valence-electron chi connectivity index (χ2n) is 10.0. The van der Waals surface area contributed by atoms with Gasteiger partial charge in [-0.1, -0.05) is 79.7 Å². The topological polar surface area (TPSA) is 52.6 Å². The molecule has 0 saturated carbocycles. The van der Waals surface area contributed by atoms with Crippen molar-refractivity contribution < 1.29 is 14.7 Å². The Balaban J connectivity index is 1.70. The third-order valence-corrected chi connectivity index (χ3v) is 6.93. The van der Waals surface area contributed by atoms with Gasteiger partial charge in [0.25, 0.3) is 0 Å². The number of rotatable bonds is 7. The molecule has 0 radical (unpaired) electrons. The van der Waals surface area contributed by atoms with Crippen LogP contribution in [0.15, 0.2) is 78.9 Å². The number of hydroxylamine groups is 2. The molecule has 0 saturated heterocycles. The summed E-state index contributed by atoms with van der Waals surface area (Å²) < 4.78 is 0. The van der Waals surface area contributed by atoms with Crippen LogP contribution in [0.4, 0.5) is 0 Å². The molecule has 0 fully saturated rings. The molecule has 1 heterocycles. The number of fused-ring (bicyclic) bond motifs is 1. The van der Waals surface area contributed by atoms with Gasteiger partial charge in [0.05, 0.1) is 17.0 Å². The molecule has 0 aromatic heterocycles. The van der Waals surface area contributed by atoms with Gasteiger partial charge in [-0.05, 0) is 73.9 Å². The molecule has 33 heavy (non-hydrogen) atoms. The number of carboxylic acid groups (broad SMARTS) is 1. The van der Waals surface area contributed by atoms with Crippen LogP contribution in [0, 0.1) is 0 Å². The first kappa shape index (κ1) is 23.2. The Labute approximate surface area is 196 Å². The molecule has 3 aromatic rings. The van der Waals surface area contributed by atoms with Crippen molar-refractivity contribution in [1.29, 1.82) is 0 Å². The monoisotopic (exact) mass is 442 g/mol. The van der Waals surface area contributed by atoms with Gasteiger partial charge in [-0.2, -0.15) is 5.06 Å². The molecule has 2 atom stereocenters.